The molecule has 13 heavy (non-hydrogen) atoms. The molecule has 2 heteroatoms. The van der Waals surface area contributed by atoms with E-state index >= 15 is 0 Å². The molecule has 0 radical (unpaired) electrons. The predicted molar refractivity (Wildman–Crippen MR) is 51.9 cm³/mol. The molecular formula is C11H13NO. The molecule has 1 fully saturated rings. The van der Waals surface area contributed by atoms with Crippen LogP contribution in [0.3, 0.4) is 0 Å². The van der Waals surface area contributed by atoms with Crippen LogP contribution in [0.1, 0.15) is 12.0 Å². The number of nitrogens with one attached hydrogen (secondary N) is 1. The van der Waals surface area contributed by atoms with Gasteiger partial charge in [-0.1, -0.05) is 18.2 Å². The van der Waals surface area contributed by atoms with E-state index in [0.29, 0.717) is 0 Å². The summed E-state index contributed by atoms with van der Waals surface area (Å²) >= 11 is 0. The van der Waals surface area contributed by atoms with Crippen LogP contribution in [-0.2, 0) is 11.2 Å². The molecule has 0 amide bonds. The summed E-state index contributed by atoms with van der Waals surface area (Å²) < 4.78 is 5.45. The molecule has 0 saturated carbocycles. The quantitative estimate of drug-likeness (QED) is 0.649. The maximum atomic E-state index is 5.45. The number of anilines is 1. The monoisotopic (exact) mass is 175 g/mol. The normalized spacial score (nSPS) is 30.5. The summed E-state index contributed by atoms with van der Waals surface area (Å²) in [6.07, 6.45) is 2.27. The van der Waals surface area contributed by atoms with Crippen LogP contribution in [0, 0.1) is 0 Å². The molecule has 1 spiro atoms. The van der Waals surface area contributed by atoms with Gasteiger partial charge in [-0.2, -0.15) is 0 Å². The molecule has 0 aliphatic carbocycles. The van der Waals surface area contributed by atoms with Gasteiger partial charge in [-0.05, 0) is 24.5 Å². The van der Waals surface area contributed by atoms with Crippen LogP contribution in [0.5, 0.6) is 0 Å². The summed E-state index contributed by atoms with van der Waals surface area (Å²) in [5, 5.41) is 3.58. The average molecular weight is 175 g/mol. The van der Waals surface area contributed by atoms with Crippen molar-refractivity contribution in [3.8, 4) is 0 Å². The van der Waals surface area contributed by atoms with Crippen LogP contribution >= 0.6 is 0 Å². The van der Waals surface area contributed by atoms with Gasteiger partial charge in [-0.3, -0.25) is 0 Å². The molecule has 1 aromatic rings. The van der Waals surface area contributed by atoms with E-state index in [9.17, 15) is 0 Å². The SMILES string of the molecule is c1ccc2c(c1)CC1(CCOC1)N2. The molecule has 0 bridgehead atoms. The van der Waals surface area contributed by atoms with Crippen molar-refractivity contribution in [2.24, 2.45) is 0 Å². The first-order chi connectivity index (χ1) is 6.38. The first kappa shape index (κ1) is 7.39. The number of hydrogen-bond donors (Lipinski definition) is 1. The van der Waals surface area contributed by atoms with Gasteiger partial charge >= 0.3 is 0 Å². The minimum atomic E-state index is 0.226. The van der Waals surface area contributed by atoms with Crippen LogP contribution in [0.4, 0.5) is 5.69 Å². The summed E-state index contributed by atoms with van der Waals surface area (Å²) in [5.41, 5.74) is 2.96. The van der Waals surface area contributed by atoms with Crippen molar-refractivity contribution in [2.75, 3.05) is 18.5 Å². The molecule has 2 nitrogen and oxygen atoms in total. The highest BCUT2D eigenvalue weighted by Crippen LogP contribution is 2.36. The Bertz CT molecular complexity index is 302. The molecular weight excluding hydrogens is 162 g/mol. The Labute approximate surface area is 77.9 Å². The third kappa shape index (κ3) is 1.05. The van der Waals surface area contributed by atoms with Crippen molar-refractivity contribution in [1.29, 1.82) is 0 Å². The number of hydrogen-bond acceptors (Lipinski definition) is 2. The Hall–Kier alpha value is -1.02. The van der Waals surface area contributed by atoms with E-state index in [0.717, 1.165) is 26.1 Å². The molecule has 2 aliphatic rings. The number of para-hydroxylation sites is 1. The van der Waals surface area contributed by atoms with Crippen molar-refractivity contribution >= 4 is 5.69 Å². The second-order valence-corrected chi connectivity index (χ2v) is 4.04. The maximum Gasteiger partial charge on any atom is 0.0700 e. The molecule has 2 heterocycles. The van der Waals surface area contributed by atoms with Gasteiger partial charge < -0.3 is 10.1 Å². The highest BCUT2D eigenvalue weighted by Gasteiger charge is 2.39. The topological polar surface area (TPSA) is 21.3 Å². The van der Waals surface area contributed by atoms with E-state index in [-0.39, 0.29) is 5.54 Å². The smallest absolute Gasteiger partial charge is 0.0700 e. The zero-order valence-electron chi connectivity index (χ0n) is 7.55. The summed E-state index contributed by atoms with van der Waals surface area (Å²) in [7, 11) is 0. The van der Waals surface area contributed by atoms with Crippen LogP contribution in [-0.4, -0.2) is 18.8 Å². The lowest BCUT2D eigenvalue weighted by Gasteiger charge is -2.21. The van der Waals surface area contributed by atoms with Gasteiger partial charge in [0.05, 0.1) is 12.1 Å². The number of benzene rings is 1. The first-order valence-corrected chi connectivity index (χ1v) is 4.82. The van der Waals surface area contributed by atoms with Crippen molar-refractivity contribution < 1.29 is 4.74 Å². The fourth-order valence-electron chi connectivity index (χ4n) is 2.34. The molecule has 2 aliphatic heterocycles. The zero-order valence-corrected chi connectivity index (χ0v) is 7.55. The maximum absolute atomic E-state index is 5.45. The predicted octanol–water partition coefficient (Wildman–Crippen LogP) is 1.81. The molecule has 1 unspecified atom stereocenters. The lowest BCUT2D eigenvalue weighted by atomic mass is 9.95. The van der Waals surface area contributed by atoms with Gasteiger partial charge in [0, 0.05) is 12.3 Å². The highest BCUT2D eigenvalue weighted by atomic mass is 16.5. The minimum Gasteiger partial charge on any atom is -0.379 e. The van der Waals surface area contributed by atoms with Crippen molar-refractivity contribution in [3.05, 3.63) is 29.8 Å². The van der Waals surface area contributed by atoms with E-state index in [1.54, 1.807) is 0 Å². The largest absolute Gasteiger partial charge is 0.379 e. The Morgan fingerprint density at radius 2 is 2.23 bits per heavy atom. The Morgan fingerprint density at radius 1 is 1.31 bits per heavy atom. The van der Waals surface area contributed by atoms with E-state index in [1.807, 2.05) is 0 Å². The number of fused-ring (bicyclic) bond motifs is 1. The molecule has 1 N–H and O–H groups in total. The van der Waals surface area contributed by atoms with Gasteiger partial charge in [0.1, 0.15) is 0 Å². The summed E-state index contributed by atoms with van der Waals surface area (Å²) in [6.45, 7) is 1.77. The van der Waals surface area contributed by atoms with E-state index in [4.69, 9.17) is 4.74 Å². The van der Waals surface area contributed by atoms with Gasteiger partial charge in [-0.15, -0.1) is 0 Å². The summed E-state index contributed by atoms with van der Waals surface area (Å²) in [5.74, 6) is 0. The standard InChI is InChI=1S/C11H13NO/c1-2-4-10-9(3-1)7-11(12-10)5-6-13-8-11/h1-4,12H,5-8H2. The van der Waals surface area contributed by atoms with Gasteiger partial charge in [0.15, 0.2) is 0 Å². The Kier molecular flexibility index (Phi) is 1.41. The highest BCUT2D eigenvalue weighted by molar-refractivity contribution is 5.59. The Morgan fingerprint density at radius 3 is 3.00 bits per heavy atom. The summed E-state index contributed by atoms with van der Waals surface area (Å²) in [4.78, 5) is 0. The fraction of sp³-hybridized carbons (Fsp3) is 0.455. The molecule has 1 saturated heterocycles. The van der Waals surface area contributed by atoms with Gasteiger partial charge in [0.2, 0.25) is 0 Å². The van der Waals surface area contributed by atoms with Crippen LogP contribution < -0.4 is 5.32 Å². The van der Waals surface area contributed by atoms with Crippen LogP contribution in [0.15, 0.2) is 24.3 Å². The molecule has 0 aromatic heterocycles. The number of ether oxygens (including phenoxy) is 1. The van der Waals surface area contributed by atoms with Gasteiger partial charge in [-0.25, -0.2) is 0 Å². The molecule has 1 atom stereocenters. The molecule has 3 rings (SSSR count). The van der Waals surface area contributed by atoms with E-state index in [1.165, 1.54) is 11.3 Å². The molecule has 68 valence electrons. The summed E-state index contributed by atoms with van der Waals surface area (Å²) in [6, 6.07) is 8.55. The average Bonchev–Trinajstić information content (AvgIpc) is 2.72. The van der Waals surface area contributed by atoms with E-state index < -0.39 is 0 Å². The lowest BCUT2D eigenvalue weighted by Crippen LogP contribution is -2.36. The molecule has 1 aromatic carbocycles. The third-order valence-corrected chi connectivity index (χ3v) is 3.05. The fourth-order valence-corrected chi connectivity index (χ4v) is 2.34. The Balaban J connectivity index is 1.96. The zero-order chi connectivity index (χ0) is 8.73. The second kappa shape index (κ2) is 2.48. The second-order valence-electron chi connectivity index (χ2n) is 4.04. The van der Waals surface area contributed by atoms with Crippen molar-refractivity contribution in [1.82, 2.24) is 0 Å². The van der Waals surface area contributed by atoms with Gasteiger partial charge in [0.25, 0.3) is 0 Å². The van der Waals surface area contributed by atoms with E-state index in [2.05, 4.69) is 29.6 Å². The first-order valence-electron chi connectivity index (χ1n) is 4.82. The van der Waals surface area contributed by atoms with Crippen LogP contribution in [0.25, 0.3) is 0 Å². The number of rotatable bonds is 0. The third-order valence-electron chi connectivity index (χ3n) is 3.05. The van der Waals surface area contributed by atoms with Crippen molar-refractivity contribution in [3.63, 3.8) is 0 Å². The van der Waals surface area contributed by atoms with Crippen LogP contribution in [0.2, 0.25) is 0 Å². The lowest BCUT2D eigenvalue weighted by molar-refractivity contribution is 0.183. The van der Waals surface area contributed by atoms with Crippen molar-refractivity contribution in [2.45, 2.75) is 18.4 Å². The minimum absolute atomic E-state index is 0.226.